The molecule has 5 heteroatoms. The maximum absolute atomic E-state index is 12.7. The predicted octanol–water partition coefficient (Wildman–Crippen LogP) is 2.49. The van der Waals surface area contributed by atoms with E-state index in [0.717, 1.165) is 12.1 Å². The first-order valence-corrected chi connectivity index (χ1v) is 3.96. The summed E-state index contributed by atoms with van der Waals surface area (Å²) in [6.45, 7) is 0. The highest BCUT2D eigenvalue weighted by Gasteiger charge is 2.21. The van der Waals surface area contributed by atoms with Gasteiger partial charge in [0.1, 0.15) is 11.6 Å². The molecule has 14 heavy (non-hydrogen) atoms. The van der Waals surface area contributed by atoms with Crippen LogP contribution in [0.1, 0.15) is 11.6 Å². The van der Waals surface area contributed by atoms with Crippen molar-refractivity contribution in [1.82, 2.24) is 5.32 Å². The van der Waals surface area contributed by atoms with Crippen LogP contribution in [0, 0.1) is 11.6 Å². The van der Waals surface area contributed by atoms with Crippen LogP contribution >= 0.6 is 0 Å². The molecule has 1 aromatic rings. The highest BCUT2D eigenvalue weighted by Crippen LogP contribution is 2.21. The number of hydrogen-bond acceptors (Lipinski definition) is 1. The first-order valence-electron chi connectivity index (χ1n) is 3.96. The van der Waals surface area contributed by atoms with E-state index in [9.17, 15) is 17.6 Å². The van der Waals surface area contributed by atoms with Crippen LogP contribution in [0.5, 0.6) is 0 Å². The lowest BCUT2D eigenvalue weighted by Crippen LogP contribution is -2.23. The molecule has 0 radical (unpaired) electrons. The summed E-state index contributed by atoms with van der Waals surface area (Å²) in [5.41, 5.74) is -0.0972. The molecule has 0 amide bonds. The second-order valence-corrected chi connectivity index (χ2v) is 2.80. The molecule has 1 N–H and O–H groups in total. The van der Waals surface area contributed by atoms with Gasteiger partial charge in [0.05, 0.1) is 6.04 Å². The highest BCUT2D eigenvalue weighted by atomic mass is 19.3. The van der Waals surface area contributed by atoms with Gasteiger partial charge in [-0.15, -0.1) is 0 Å². The third kappa shape index (κ3) is 2.45. The van der Waals surface area contributed by atoms with E-state index in [0.29, 0.717) is 6.07 Å². The Hall–Kier alpha value is -1.10. The van der Waals surface area contributed by atoms with Gasteiger partial charge < -0.3 is 5.32 Å². The monoisotopic (exact) mass is 207 g/mol. The van der Waals surface area contributed by atoms with Crippen LogP contribution in [-0.2, 0) is 0 Å². The fourth-order valence-corrected chi connectivity index (χ4v) is 1.19. The molecule has 0 aromatic heterocycles. The van der Waals surface area contributed by atoms with Gasteiger partial charge in [0, 0.05) is 6.07 Å². The highest BCUT2D eigenvalue weighted by molar-refractivity contribution is 5.21. The first-order chi connectivity index (χ1) is 6.54. The summed E-state index contributed by atoms with van der Waals surface area (Å²) in [6, 6.07) is 1.06. The molecule has 0 aliphatic rings. The van der Waals surface area contributed by atoms with E-state index < -0.39 is 24.1 Å². The Morgan fingerprint density at radius 2 is 1.57 bits per heavy atom. The zero-order chi connectivity index (χ0) is 10.7. The smallest absolute Gasteiger partial charge is 0.257 e. The lowest BCUT2D eigenvalue weighted by atomic mass is 10.1. The third-order valence-electron chi connectivity index (χ3n) is 1.81. The third-order valence-corrected chi connectivity index (χ3v) is 1.81. The minimum atomic E-state index is -2.71. The minimum absolute atomic E-state index is 0.0972. The molecule has 1 rings (SSSR count). The Balaban J connectivity index is 3.04. The van der Waals surface area contributed by atoms with E-state index in [1.165, 1.54) is 7.05 Å². The van der Waals surface area contributed by atoms with Gasteiger partial charge in [0.25, 0.3) is 6.43 Å². The average Bonchev–Trinajstić information content (AvgIpc) is 2.02. The summed E-state index contributed by atoms with van der Waals surface area (Å²) in [7, 11) is 1.31. The Labute approximate surface area is 78.7 Å². The van der Waals surface area contributed by atoms with E-state index in [4.69, 9.17) is 0 Å². The Kier molecular flexibility index (Phi) is 3.46. The average molecular weight is 207 g/mol. The molecule has 0 bridgehead atoms. The Morgan fingerprint density at radius 3 is 1.93 bits per heavy atom. The maximum atomic E-state index is 12.7. The number of halogens is 4. The van der Waals surface area contributed by atoms with Crippen LogP contribution in [0.25, 0.3) is 0 Å². The molecule has 0 saturated heterocycles. The van der Waals surface area contributed by atoms with Crippen molar-refractivity contribution in [3.8, 4) is 0 Å². The molecular weight excluding hydrogens is 198 g/mol. The van der Waals surface area contributed by atoms with Gasteiger partial charge in [-0.25, -0.2) is 17.6 Å². The molecule has 0 aliphatic heterocycles. The van der Waals surface area contributed by atoms with Gasteiger partial charge in [-0.1, -0.05) is 0 Å². The van der Waals surface area contributed by atoms with Crippen molar-refractivity contribution in [3.05, 3.63) is 35.4 Å². The van der Waals surface area contributed by atoms with Crippen molar-refractivity contribution in [2.24, 2.45) is 0 Å². The van der Waals surface area contributed by atoms with Gasteiger partial charge in [0.2, 0.25) is 0 Å². The fraction of sp³-hybridized carbons (Fsp3) is 0.333. The summed E-state index contributed by atoms with van der Waals surface area (Å²) in [6.07, 6.45) is -2.71. The van der Waals surface area contributed by atoms with Crippen molar-refractivity contribution >= 4 is 0 Å². The van der Waals surface area contributed by atoms with Crippen LogP contribution in [0.3, 0.4) is 0 Å². The maximum Gasteiger partial charge on any atom is 0.257 e. The summed E-state index contributed by atoms with van der Waals surface area (Å²) in [5.74, 6) is -1.72. The number of hydrogen-bond donors (Lipinski definition) is 1. The van der Waals surface area contributed by atoms with E-state index in [-0.39, 0.29) is 5.56 Å². The normalized spacial score (nSPS) is 13.3. The van der Waals surface area contributed by atoms with Crippen LogP contribution in [0.15, 0.2) is 18.2 Å². The number of benzene rings is 1. The van der Waals surface area contributed by atoms with Gasteiger partial charge in [-0.05, 0) is 24.7 Å². The van der Waals surface area contributed by atoms with Gasteiger partial charge >= 0.3 is 0 Å². The molecule has 78 valence electrons. The van der Waals surface area contributed by atoms with Crippen LogP contribution < -0.4 is 5.32 Å². The summed E-state index contributed by atoms with van der Waals surface area (Å²) in [5, 5.41) is 2.29. The second-order valence-electron chi connectivity index (χ2n) is 2.80. The van der Waals surface area contributed by atoms with Gasteiger partial charge in [0.15, 0.2) is 0 Å². The summed E-state index contributed by atoms with van der Waals surface area (Å²) >= 11 is 0. The molecule has 1 nitrogen and oxygen atoms in total. The Morgan fingerprint density at radius 1 is 1.07 bits per heavy atom. The first kappa shape index (κ1) is 11.0. The van der Waals surface area contributed by atoms with E-state index in [1.54, 1.807) is 0 Å². The molecule has 0 fully saturated rings. The number of nitrogens with one attached hydrogen (secondary N) is 1. The van der Waals surface area contributed by atoms with Crippen LogP contribution in [-0.4, -0.2) is 13.5 Å². The summed E-state index contributed by atoms with van der Waals surface area (Å²) in [4.78, 5) is 0. The molecular formula is C9H9F4N. The standard InChI is InChI=1S/C9H9F4N/c1-14-8(9(12)13)5-2-6(10)4-7(11)3-5/h2-4,8-9,14H,1H3. The second kappa shape index (κ2) is 4.41. The fourth-order valence-electron chi connectivity index (χ4n) is 1.19. The molecule has 0 spiro atoms. The molecule has 1 aromatic carbocycles. The van der Waals surface area contributed by atoms with Crippen molar-refractivity contribution in [3.63, 3.8) is 0 Å². The quantitative estimate of drug-likeness (QED) is 0.751. The number of alkyl halides is 2. The lowest BCUT2D eigenvalue weighted by Gasteiger charge is -2.15. The van der Waals surface area contributed by atoms with E-state index in [2.05, 4.69) is 5.32 Å². The largest absolute Gasteiger partial charge is 0.308 e. The van der Waals surface area contributed by atoms with Crippen molar-refractivity contribution < 1.29 is 17.6 Å². The van der Waals surface area contributed by atoms with E-state index in [1.807, 2.05) is 0 Å². The van der Waals surface area contributed by atoms with Crippen molar-refractivity contribution in [2.45, 2.75) is 12.5 Å². The van der Waals surface area contributed by atoms with Crippen molar-refractivity contribution in [2.75, 3.05) is 7.05 Å². The SMILES string of the molecule is CNC(c1cc(F)cc(F)c1)C(F)F. The Bertz CT molecular complexity index is 293. The number of rotatable bonds is 3. The van der Waals surface area contributed by atoms with Crippen LogP contribution in [0.2, 0.25) is 0 Å². The molecule has 0 aliphatic carbocycles. The zero-order valence-electron chi connectivity index (χ0n) is 7.40. The van der Waals surface area contributed by atoms with Crippen molar-refractivity contribution in [1.29, 1.82) is 0 Å². The van der Waals surface area contributed by atoms with Gasteiger partial charge in [-0.3, -0.25) is 0 Å². The topological polar surface area (TPSA) is 12.0 Å². The molecule has 0 saturated carbocycles. The predicted molar refractivity (Wildman–Crippen MR) is 44.2 cm³/mol. The zero-order valence-corrected chi connectivity index (χ0v) is 7.40. The minimum Gasteiger partial charge on any atom is -0.308 e. The lowest BCUT2D eigenvalue weighted by molar-refractivity contribution is 0.102. The molecule has 1 atom stereocenters. The summed E-state index contributed by atoms with van der Waals surface area (Å²) < 4.78 is 50.0. The molecule has 0 heterocycles. The molecule has 1 unspecified atom stereocenters. The van der Waals surface area contributed by atoms with E-state index >= 15 is 0 Å². The van der Waals surface area contributed by atoms with Crippen LogP contribution in [0.4, 0.5) is 17.6 Å². The van der Waals surface area contributed by atoms with Gasteiger partial charge in [-0.2, -0.15) is 0 Å².